The maximum atomic E-state index is 11.5. The summed E-state index contributed by atoms with van der Waals surface area (Å²) in [6, 6.07) is 3.96. The number of H-pyrrole nitrogens is 1. The van der Waals surface area contributed by atoms with Crippen LogP contribution in [0.15, 0.2) is 15.9 Å². The summed E-state index contributed by atoms with van der Waals surface area (Å²) >= 11 is 5.02. The first-order valence-corrected chi connectivity index (χ1v) is 7.93. The van der Waals surface area contributed by atoms with E-state index in [1.165, 1.54) is 0 Å². The van der Waals surface area contributed by atoms with Crippen LogP contribution in [0.1, 0.15) is 36.4 Å². The van der Waals surface area contributed by atoms with Gasteiger partial charge in [0, 0.05) is 10.8 Å². The summed E-state index contributed by atoms with van der Waals surface area (Å²) in [5.41, 5.74) is 0. The third kappa shape index (κ3) is 3.63. The third-order valence-corrected chi connectivity index (χ3v) is 4.81. The summed E-state index contributed by atoms with van der Waals surface area (Å²) in [4.78, 5) is 12.6. The molecule has 2 N–H and O–H groups in total. The van der Waals surface area contributed by atoms with Crippen molar-refractivity contribution in [3.8, 4) is 0 Å². The van der Waals surface area contributed by atoms with E-state index in [2.05, 4.69) is 36.6 Å². The molecule has 0 aliphatic rings. The number of thiophene rings is 1. The van der Waals surface area contributed by atoms with Crippen molar-refractivity contribution in [2.75, 3.05) is 0 Å². The van der Waals surface area contributed by atoms with Crippen LogP contribution in [0.2, 0.25) is 0 Å². The molecule has 0 aliphatic heterocycles. The number of carboxylic acid groups (broad SMARTS) is 1. The lowest BCUT2D eigenvalue weighted by Crippen LogP contribution is -2.24. The van der Waals surface area contributed by atoms with Crippen molar-refractivity contribution < 1.29 is 9.90 Å². The third-order valence-electron chi connectivity index (χ3n) is 3.17. The molecule has 2 heterocycles. The molecule has 0 aromatic carbocycles. The second kappa shape index (κ2) is 6.94. The standard InChI is InChI=1S/C12H15BrN4O2S/c1-2-3-8(12(18)19)9(11-14-16-17-15-11)6-7-4-5-10(13)20-7/h4-5,8-9H,2-3,6H2,1H3,(H,18,19)(H,14,15,16,17)/t8-,9-/m0/s1. The summed E-state index contributed by atoms with van der Waals surface area (Å²) in [5.74, 6) is -0.997. The Kier molecular flexibility index (Phi) is 5.24. The molecule has 0 bridgehead atoms. The number of hydrogen-bond donors (Lipinski definition) is 2. The number of carbonyl (C=O) groups is 1. The molecule has 0 amide bonds. The van der Waals surface area contributed by atoms with Crippen molar-refractivity contribution in [3.05, 3.63) is 26.6 Å². The lowest BCUT2D eigenvalue weighted by molar-refractivity contribution is -0.142. The van der Waals surface area contributed by atoms with Gasteiger partial charge in [-0.2, -0.15) is 0 Å². The van der Waals surface area contributed by atoms with Crippen molar-refractivity contribution in [2.45, 2.75) is 32.1 Å². The number of nitrogens with zero attached hydrogens (tertiary/aromatic N) is 3. The van der Waals surface area contributed by atoms with Crippen LogP contribution in [0.5, 0.6) is 0 Å². The number of halogens is 1. The predicted octanol–water partition coefficient (Wildman–Crippen LogP) is 2.85. The molecule has 0 saturated heterocycles. The fraction of sp³-hybridized carbons (Fsp3) is 0.500. The molecule has 20 heavy (non-hydrogen) atoms. The average Bonchev–Trinajstić information content (AvgIpc) is 3.04. The minimum atomic E-state index is -0.802. The first-order valence-electron chi connectivity index (χ1n) is 6.32. The Hall–Kier alpha value is -1.28. The van der Waals surface area contributed by atoms with E-state index in [0.717, 1.165) is 15.1 Å². The summed E-state index contributed by atoms with van der Waals surface area (Å²) in [5, 5.41) is 23.2. The van der Waals surface area contributed by atoms with Crippen molar-refractivity contribution >= 4 is 33.2 Å². The molecule has 108 valence electrons. The van der Waals surface area contributed by atoms with Gasteiger partial charge in [-0.05, 0) is 51.3 Å². The average molecular weight is 359 g/mol. The largest absolute Gasteiger partial charge is 0.481 e. The van der Waals surface area contributed by atoms with Gasteiger partial charge in [0.2, 0.25) is 0 Å². The van der Waals surface area contributed by atoms with Gasteiger partial charge in [0.05, 0.1) is 9.70 Å². The number of rotatable bonds is 7. The van der Waals surface area contributed by atoms with E-state index in [1.54, 1.807) is 11.3 Å². The molecular weight excluding hydrogens is 344 g/mol. The Balaban J connectivity index is 2.26. The quantitative estimate of drug-likeness (QED) is 0.793. The molecule has 8 heteroatoms. The molecule has 6 nitrogen and oxygen atoms in total. The Morgan fingerprint density at radius 1 is 1.55 bits per heavy atom. The first-order chi connectivity index (χ1) is 9.61. The molecular formula is C12H15BrN4O2S. The van der Waals surface area contributed by atoms with Crippen LogP contribution in [-0.2, 0) is 11.2 Å². The van der Waals surface area contributed by atoms with Crippen molar-refractivity contribution in [3.63, 3.8) is 0 Å². The zero-order valence-corrected chi connectivity index (χ0v) is 13.3. The van der Waals surface area contributed by atoms with Crippen LogP contribution in [0, 0.1) is 5.92 Å². The number of tetrazole rings is 1. The lowest BCUT2D eigenvalue weighted by Gasteiger charge is -2.20. The molecule has 0 spiro atoms. The summed E-state index contributed by atoms with van der Waals surface area (Å²) < 4.78 is 1.03. The normalized spacial score (nSPS) is 14.1. The highest BCUT2D eigenvalue weighted by Gasteiger charge is 2.31. The Labute approximate surface area is 128 Å². The molecule has 0 fully saturated rings. The minimum Gasteiger partial charge on any atom is -0.481 e. The highest BCUT2D eigenvalue weighted by Crippen LogP contribution is 2.33. The number of aliphatic carboxylic acids is 1. The number of nitrogens with one attached hydrogen (secondary N) is 1. The van der Waals surface area contributed by atoms with Gasteiger partial charge in [-0.25, -0.2) is 5.10 Å². The highest BCUT2D eigenvalue weighted by molar-refractivity contribution is 9.11. The topological polar surface area (TPSA) is 91.8 Å². The molecule has 2 aromatic heterocycles. The van der Waals surface area contributed by atoms with Gasteiger partial charge < -0.3 is 5.11 Å². The number of aromatic amines is 1. The summed E-state index contributed by atoms with van der Waals surface area (Å²) in [7, 11) is 0. The maximum Gasteiger partial charge on any atom is 0.307 e. The van der Waals surface area contributed by atoms with Crippen LogP contribution in [0.3, 0.4) is 0 Å². The van der Waals surface area contributed by atoms with Crippen LogP contribution >= 0.6 is 27.3 Å². The fourth-order valence-corrected chi connectivity index (χ4v) is 3.78. The first kappa shape index (κ1) is 15.1. The smallest absolute Gasteiger partial charge is 0.307 e. The second-order valence-corrected chi connectivity index (χ2v) is 7.08. The van der Waals surface area contributed by atoms with Crippen molar-refractivity contribution in [2.24, 2.45) is 5.92 Å². The number of hydrogen-bond acceptors (Lipinski definition) is 5. The molecule has 0 saturated carbocycles. The summed E-state index contributed by atoms with van der Waals surface area (Å²) in [6.07, 6.45) is 2.03. The van der Waals surface area contributed by atoms with Gasteiger partial charge in [-0.15, -0.1) is 16.4 Å². The van der Waals surface area contributed by atoms with Crippen LogP contribution in [0.25, 0.3) is 0 Å². The minimum absolute atomic E-state index is 0.243. The lowest BCUT2D eigenvalue weighted by atomic mass is 9.85. The van der Waals surface area contributed by atoms with Gasteiger partial charge in [0.15, 0.2) is 5.82 Å². The Bertz CT molecular complexity index is 558. The van der Waals surface area contributed by atoms with Gasteiger partial charge in [0.25, 0.3) is 0 Å². The van der Waals surface area contributed by atoms with Crippen LogP contribution in [0.4, 0.5) is 0 Å². The second-order valence-electron chi connectivity index (χ2n) is 4.54. The van der Waals surface area contributed by atoms with Crippen LogP contribution in [-0.4, -0.2) is 31.7 Å². The van der Waals surface area contributed by atoms with Gasteiger partial charge in [0.1, 0.15) is 0 Å². The zero-order chi connectivity index (χ0) is 14.5. The monoisotopic (exact) mass is 358 g/mol. The molecule has 0 unspecified atom stereocenters. The molecule has 2 aromatic rings. The Morgan fingerprint density at radius 2 is 2.35 bits per heavy atom. The Morgan fingerprint density at radius 3 is 2.85 bits per heavy atom. The molecule has 0 radical (unpaired) electrons. The predicted molar refractivity (Wildman–Crippen MR) is 78.7 cm³/mol. The molecule has 2 atom stereocenters. The van der Waals surface area contributed by atoms with Crippen LogP contribution < -0.4 is 0 Å². The van der Waals surface area contributed by atoms with E-state index in [-0.39, 0.29) is 5.92 Å². The zero-order valence-electron chi connectivity index (χ0n) is 10.9. The molecule has 0 aliphatic carbocycles. The van der Waals surface area contributed by atoms with E-state index in [9.17, 15) is 9.90 Å². The van der Waals surface area contributed by atoms with E-state index < -0.39 is 11.9 Å². The summed E-state index contributed by atoms with van der Waals surface area (Å²) in [6.45, 7) is 1.98. The van der Waals surface area contributed by atoms with E-state index in [4.69, 9.17) is 0 Å². The number of aromatic nitrogens is 4. The maximum absolute atomic E-state index is 11.5. The number of carboxylic acids is 1. The van der Waals surface area contributed by atoms with Crippen molar-refractivity contribution in [1.82, 2.24) is 20.6 Å². The van der Waals surface area contributed by atoms with Crippen molar-refractivity contribution in [1.29, 1.82) is 0 Å². The van der Waals surface area contributed by atoms with Gasteiger partial charge in [-0.3, -0.25) is 4.79 Å². The van der Waals surface area contributed by atoms with Gasteiger partial charge >= 0.3 is 5.97 Å². The SMILES string of the molecule is CCC[C@H](C(=O)O)[C@H](Cc1ccc(Br)s1)c1nnn[nH]1. The van der Waals surface area contributed by atoms with E-state index in [1.807, 2.05) is 19.1 Å². The fourth-order valence-electron chi connectivity index (χ4n) is 2.24. The highest BCUT2D eigenvalue weighted by atomic mass is 79.9. The van der Waals surface area contributed by atoms with E-state index >= 15 is 0 Å². The van der Waals surface area contributed by atoms with E-state index in [0.29, 0.717) is 18.7 Å². The molecule has 2 rings (SSSR count). The van der Waals surface area contributed by atoms with Gasteiger partial charge in [-0.1, -0.05) is 13.3 Å².